The predicted molar refractivity (Wildman–Crippen MR) is 135 cm³/mol. The van der Waals surface area contributed by atoms with Crippen LogP contribution in [-0.4, -0.2) is 50.4 Å². The number of para-hydroxylation sites is 2. The number of amides is 2. The molecular formula is C27H34N2O8. The van der Waals surface area contributed by atoms with Crippen LogP contribution in [0.5, 0.6) is 11.5 Å². The van der Waals surface area contributed by atoms with Gasteiger partial charge in [-0.3, -0.25) is 0 Å². The number of ether oxygens (including phenoxy) is 4. The van der Waals surface area contributed by atoms with E-state index in [0.29, 0.717) is 17.9 Å². The molecule has 3 atom stereocenters. The number of hydrogen-bond donors (Lipinski definition) is 2. The van der Waals surface area contributed by atoms with Crippen molar-refractivity contribution in [1.29, 1.82) is 0 Å². The summed E-state index contributed by atoms with van der Waals surface area (Å²) < 4.78 is 20.2. The number of esters is 2. The van der Waals surface area contributed by atoms with E-state index < -0.39 is 36.2 Å². The molecule has 0 saturated carbocycles. The van der Waals surface area contributed by atoms with E-state index in [-0.39, 0.29) is 24.7 Å². The Labute approximate surface area is 216 Å². The molecule has 200 valence electrons. The minimum absolute atomic E-state index is 0.0775. The molecule has 0 fully saturated rings. The molecule has 10 heteroatoms. The summed E-state index contributed by atoms with van der Waals surface area (Å²) in [5, 5.41) is 5.11. The van der Waals surface area contributed by atoms with E-state index in [1.807, 2.05) is 13.8 Å². The molecule has 0 saturated heterocycles. The molecule has 0 aromatic heterocycles. The van der Waals surface area contributed by atoms with Gasteiger partial charge in [-0.25, -0.2) is 19.2 Å². The van der Waals surface area contributed by atoms with Crippen molar-refractivity contribution < 1.29 is 38.1 Å². The summed E-state index contributed by atoms with van der Waals surface area (Å²) in [6.07, 6.45) is -0.688. The zero-order valence-corrected chi connectivity index (χ0v) is 21.5. The van der Waals surface area contributed by atoms with Gasteiger partial charge in [-0.15, -0.1) is 0 Å². The summed E-state index contributed by atoms with van der Waals surface area (Å²) >= 11 is 0. The standard InChI is InChI=1S/C27H34N2O8/c1-18(2)19(17-23(25(31)35-4)29-27(33)37-21-13-9-6-10-14-21)15-16-22(24(30)34-3)28-26(32)36-20-11-7-5-8-12-20/h5-14,18-19,22-23H,15-17H2,1-4H3,(H,28,32)(H,29,33). The Hall–Kier alpha value is -4.08. The molecule has 0 spiro atoms. The summed E-state index contributed by atoms with van der Waals surface area (Å²) in [7, 11) is 2.47. The molecule has 2 amide bonds. The summed E-state index contributed by atoms with van der Waals surface area (Å²) in [5.41, 5.74) is 0. The maximum absolute atomic E-state index is 12.4. The molecule has 2 aromatic rings. The van der Waals surface area contributed by atoms with Crippen LogP contribution in [0, 0.1) is 11.8 Å². The van der Waals surface area contributed by atoms with Crippen molar-refractivity contribution in [2.45, 2.75) is 45.2 Å². The monoisotopic (exact) mass is 514 g/mol. The normalized spacial score (nSPS) is 13.0. The lowest BCUT2D eigenvalue weighted by atomic mass is 9.84. The van der Waals surface area contributed by atoms with Crippen molar-refractivity contribution in [2.75, 3.05) is 14.2 Å². The minimum Gasteiger partial charge on any atom is -0.467 e. The summed E-state index contributed by atoms with van der Waals surface area (Å²) in [6.45, 7) is 3.93. The van der Waals surface area contributed by atoms with Gasteiger partial charge in [0.25, 0.3) is 0 Å². The summed E-state index contributed by atoms with van der Waals surface area (Å²) in [4.78, 5) is 49.5. The fourth-order valence-electron chi connectivity index (χ4n) is 3.69. The number of methoxy groups -OCH3 is 2. The van der Waals surface area contributed by atoms with E-state index in [1.54, 1.807) is 60.7 Å². The highest BCUT2D eigenvalue weighted by atomic mass is 16.6. The zero-order chi connectivity index (χ0) is 27.2. The Bertz CT molecular complexity index is 1010. The van der Waals surface area contributed by atoms with Gasteiger partial charge in [-0.2, -0.15) is 0 Å². The highest BCUT2D eigenvalue weighted by Crippen LogP contribution is 2.25. The van der Waals surface area contributed by atoms with E-state index in [1.165, 1.54) is 14.2 Å². The highest BCUT2D eigenvalue weighted by Gasteiger charge is 2.30. The van der Waals surface area contributed by atoms with Gasteiger partial charge in [0.1, 0.15) is 23.6 Å². The third-order valence-electron chi connectivity index (χ3n) is 5.77. The predicted octanol–water partition coefficient (Wildman–Crippen LogP) is 4.09. The van der Waals surface area contributed by atoms with Crippen molar-refractivity contribution in [3.8, 4) is 11.5 Å². The van der Waals surface area contributed by atoms with Crippen molar-refractivity contribution in [3.05, 3.63) is 60.7 Å². The number of nitrogens with one attached hydrogen (secondary N) is 2. The SMILES string of the molecule is COC(=O)C(CCC(CC(NC(=O)Oc1ccccc1)C(=O)OC)C(C)C)NC(=O)Oc1ccccc1. The van der Waals surface area contributed by atoms with E-state index in [9.17, 15) is 19.2 Å². The molecule has 0 heterocycles. The quantitative estimate of drug-likeness (QED) is 0.405. The van der Waals surface area contributed by atoms with Crippen LogP contribution in [0.25, 0.3) is 0 Å². The van der Waals surface area contributed by atoms with E-state index in [0.717, 1.165) is 0 Å². The number of benzene rings is 2. The van der Waals surface area contributed by atoms with Gasteiger partial charge >= 0.3 is 24.1 Å². The Balaban J connectivity index is 2.03. The first-order valence-corrected chi connectivity index (χ1v) is 12.0. The molecule has 0 aliphatic heterocycles. The van der Waals surface area contributed by atoms with Crippen LogP contribution < -0.4 is 20.1 Å². The lowest BCUT2D eigenvalue weighted by molar-refractivity contribution is -0.144. The second-order valence-electron chi connectivity index (χ2n) is 8.66. The molecule has 10 nitrogen and oxygen atoms in total. The molecule has 0 radical (unpaired) electrons. The smallest absolute Gasteiger partial charge is 0.413 e. The maximum atomic E-state index is 12.4. The summed E-state index contributed by atoms with van der Waals surface area (Å²) in [6, 6.07) is 15.0. The van der Waals surface area contributed by atoms with Gasteiger partial charge in [-0.1, -0.05) is 50.2 Å². The third kappa shape index (κ3) is 10.2. The highest BCUT2D eigenvalue weighted by molar-refractivity contribution is 5.82. The Morgan fingerprint density at radius 3 is 1.54 bits per heavy atom. The number of carbonyl (C=O) groups is 4. The van der Waals surface area contributed by atoms with Crippen molar-refractivity contribution in [3.63, 3.8) is 0 Å². The van der Waals surface area contributed by atoms with Gasteiger partial charge in [0.2, 0.25) is 0 Å². The minimum atomic E-state index is -0.971. The topological polar surface area (TPSA) is 129 Å². The van der Waals surface area contributed by atoms with Gasteiger partial charge in [-0.05, 0) is 55.4 Å². The van der Waals surface area contributed by atoms with Gasteiger partial charge in [0, 0.05) is 0 Å². The molecule has 2 aromatic carbocycles. The first-order chi connectivity index (χ1) is 17.7. The van der Waals surface area contributed by atoms with Crippen LogP contribution in [0.3, 0.4) is 0 Å². The molecule has 37 heavy (non-hydrogen) atoms. The molecule has 2 rings (SSSR count). The van der Waals surface area contributed by atoms with Gasteiger partial charge < -0.3 is 29.6 Å². The molecule has 2 N–H and O–H groups in total. The second-order valence-corrected chi connectivity index (χ2v) is 8.66. The average molecular weight is 515 g/mol. The Morgan fingerprint density at radius 2 is 1.11 bits per heavy atom. The lowest BCUT2D eigenvalue weighted by Crippen LogP contribution is -2.45. The summed E-state index contributed by atoms with van der Waals surface area (Å²) in [5.74, 6) is -0.628. The fraction of sp³-hybridized carbons (Fsp3) is 0.407. The zero-order valence-electron chi connectivity index (χ0n) is 21.5. The van der Waals surface area contributed by atoms with Crippen LogP contribution in [-0.2, 0) is 19.1 Å². The first kappa shape index (κ1) is 29.2. The average Bonchev–Trinajstić information content (AvgIpc) is 2.89. The van der Waals surface area contributed by atoms with Crippen LogP contribution >= 0.6 is 0 Å². The molecule has 0 bridgehead atoms. The van der Waals surface area contributed by atoms with Crippen LogP contribution in [0.1, 0.15) is 33.1 Å². The maximum Gasteiger partial charge on any atom is 0.413 e. The fourth-order valence-corrected chi connectivity index (χ4v) is 3.69. The van der Waals surface area contributed by atoms with Crippen LogP contribution in [0.2, 0.25) is 0 Å². The van der Waals surface area contributed by atoms with Crippen molar-refractivity contribution in [2.24, 2.45) is 11.8 Å². The second kappa shape index (κ2) is 15.1. The molecule has 0 aliphatic rings. The van der Waals surface area contributed by atoms with Crippen molar-refractivity contribution >= 4 is 24.1 Å². The largest absolute Gasteiger partial charge is 0.467 e. The first-order valence-electron chi connectivity index (χ1n) is 12.0. The molecule has 0 aliphatic carbocycles. The Morgan fingerprint density at radius 1 is 0.676 bits per heavy atom. The number of hydrogen-bond acceptors (Lipinski definition) is 8. The molecular weight excluding hydrogens is 480 g/mol. The molecule has 3 unspecified atom stereocenters. The van der Waals surface area contributed by atoms with Crippen molar-refractivity contribution in [1.82, 2.24) is 10.6 Å². The van der Waals surface area contributed by atoms with Gasteiger partial charge in [0.15, 0.2) is 0 Å². The van der Waals surface area contributed by atoms with Crippen LogP contribution in [0.15, 0.2) is 60.7 Å². The van der Waals surface area contributed by atoms with E-state index in [4.69, 9.17) is 18.9 Å². The number of carbonyl (C=O) groups excluding carboxylic acids is 4. The van der Waals surface area contributed by atoms with Crippen LogP contribution in [0.4, 0.5) is 9.59 Å². The van der Waals surface area contributed by atoms with Gasteiger partial charge in [0.05, 0.1) is 14.2 Å². The van der Waals surface area contributed by atoms with E-state index >= 15 is 0 Å². The lowest BCUT2D eigenvalue weighted by Gasteiger charge is -2.27. The third-order valence-corrected chi connectivity index (χ3v) is 5.77. The Kier molecular flexibility index (Phi) is 11.9. The number of rotatable bonds is 12. The van der Waals surface area contributed by atoms with E-state index in [2.05, 4.69) is 10.6 Å².